The van der Waals surface area contributed by atoms with Crippen LogP contribution in [0.3, 0.4) is 0 Å². The molecule has 1 aliphatic heterocycles. The summed E-state index contributed by atoms with van der Waals surface area (Å²) in [6.45, 7) is 3.91. The number of hydrogen-bond donors (Lipinski definition) is 1. The maximum absolute atomic E-state index is 13.2. The Morgan fingerprint density at radius 2 is 2.10 bits per heavy atom. The van der Waals surface area contributed by atoms with Crippen molar-refractivity contribution in [1.82, 2.24) is 19.1 Å². The average Bonchev–Trinajstić information content (AvgIpc) is 3.54. The summed E-state index contributed by atoms with van der Waals surface area (Å²) in [4.78, 5) is 0.796. The van der Waals surface area contributed by atoms with E-state index in [0.717, 1.165) is 41.3 Å². The Hall–Kier alpha value is -2.74. The zero-order valence-electron chi connectivity index (χ0n) is 17.7. The van der Waals surface area contributed by atoms with E-state index in [1.807, 2.05) is 36.7 Å². The molecule has 1 unspecified atom stereocenters. The van der Waals surface area contributed by atoms with Gasteiger partial charge in [0.15, 0.2) is 4.90 Å². The molecular formula is C24H26N4O2S. The van der Waals surface area contributed by atoms with Crippen LogP contribution in [0.25, 0.3) is 22.0 Å². The molecule has 3 heterocycles. The monoisotopic (exact) mass is 434 g/mol. The van der Waals surface area contributed by atoms with Crippen LogP contribution in [0.4, 0.5) is 0 Å². The smallest absolute Gasteiger partial charge is 0.177 e. The fourth-order valence-electron chi connectivity index (χ4n) is 4.54. The summed E-state index contributed by atoms with van der Waals surface area (Å²) < 4.78 is 22.9. The Kier molecular flexibility index (Phi) is 5.48. The zero-order chi connectivity index (χ0) is 21.4. The van der Waals surface area contributed by atoms with Gasteiger partial charge in [-0.2, -0.15) is 5.10 Å². The lowest BCUT2D eigenvalue weighted by atomic mass is 10.1. The molecule has 5 rings (SSSR count). The highest BCUT2D eigenvalue weighted by Crippen LogP contribution is 2.32. The van der Waals surface area contributed by atoms with Gasteiger partial charge in [0.05, 0.1) is 30.7 Å². The molecule has 1 N–H and O–H groups in total. The molecular weight excluding hydrogens is 408 g/mol. The van der Waals surface area contributed by atoms with Gasteiger partial charge in [-0.3, -0.25) is 5.10 Å². The van der Waals surface area contributed by atoms with Crippen molar-refractivity contribution in [3.63, 3.8) is 0 Å². The van der Waals surface area contributed by atoms with Crippen LogP contribution >= 0.6 is 0 Å². The van der Waals surface area contributed by atoms with Crippen LogP contribution in [0, 0.1) is 5.92 Å². The van der Waals surface area contributed by atoms with Crippen LogP contribution in [0.5, 0.6) is 5.75 Å². The molecule has 1 saturated heterocycles. The van der Waals surface area contributed by atoms with Gasteiger partial charge in [0.2, 0.25) is 0 Å². The maximum atomic E-state index is 13.2. The lowest BCUT2D eigenvalue weighted by Gasteiger charge is -2.23. The summed E-state index contributed by atoms with van der Waals surface area (Å²) >= 11 is -1.18. The third kappa shape index (κ3) is 3.96. The molecule has 0 spiro atoms. The van der Waals surface area contributed by atoms with Gasteiger partial charge in [-0.1, -0.05) is 12.1 Å². The standard InChI is InChI=1S/C24H26N4O2S/c1-17-10-18(16-28(17)31(29)23-5-3-4-22(12-23)30-2)15-27-9-8-20-11-19(6-7-24(20)27)21-13-25-26-14-21/h3-9,11-14,17-18H,10,15-16H2,1-2H3,(H,25,26)/t17-,18+,31?/m0/s1. The molecule has 31 heavy (non-hydrogen) atoms. The topological polar surface area (TPSA) is 69.1 Å². The van der Waals surface area contributed by atoms with Crippen molar-refractivity contribution in [2.45, 2.75) is 30.8 Å². The number of nitrogens with one attached hydrogen (secondary N) is 1. The summed E-state index contributed by atoms with van der Waals surface area (Å²) in [7, 11) is 1.64. The number of benzene rings is 2. The molecule has 6 nitrogen and oxygen atoms in total. The second-order valence-electron chi connectivity index (χ2n) is 8.21. The van der Waals surface area contributed by atoms with Crippen LogP contribution in [-0.2, 0) is 17.9 Å². The van der Waals surface area contributed by atoms with E-state index >= 15 is 0 Å². The first-order valence-electron chi connectivity index (χ1n) is 10.5. The third-order valence-corrected chi connectivity index (χ3v) is 7.71. The maximum Gasteiger partial charge on any atom is 0.177 e. The summed E-state index contributed by atoms with van der Waals surface area (Å²) in [6.07, 6.45) is 6.95. The molecule has 0 amide bonds. The van der Waals surface area contributed by atoms with E-state index in [-0.39, 0.29) is 6.04 Å². The van der Waals surface area contributed by atoms with Crippen LogP contribution < -0.4 is 4.74 Å². The first-order chi connectivity index (χ1) is 15.1. The number of rotatable bonds is 6. The Morgan fingerprint density at radius 3 is 2.90 bits per heavy atom. The van der Waals surface area contributed by atoms with Gasteiger partial charge in [0.25, 0.3) is 0 Å². The molecule has 0 radical (unpaired) electrons. The van der Waals surface area contributed by atoms with Crippen molar-refractivity contribution in [1.29, 1.82) is 0 Å². The van der Waals surface area contributed by atoms with E-state index in [1.54, 1.807) is 7.11 Å². The van der Waals surface area contributed by atoms with Crippen LogP contribution in [0.1, 0.15) is 13.3 Å². The van der Waals surface area contributed by atoms with Crippen LogP contribution in [0.2, 0.25) is 0 Å². The quantitative estimate of drug-likeness (QED) is 0.455. The van der Waals surface area contributed by atoms with Gasteiger partial charge in [0, 0.05) is 48.0 Å². The van der Waals surface area contributed by atoms with E-state index < -0.39 is 11.4 Å². The van der Waals surface area contributed by atoms with Gasteiger partial charge < -0.3 is 13.9 Å². The predicted octanol–water partition coefficient (Wildman–Crippen LogP) is 4.47. The largest absolute Gasteiger partial charge is 0.593 e. The summed E-state index contributed by atoms with van der Waals surface area (Å²) in [6, 6.07) is 16.5. The molecule has 160 valence electrons. The Labute approximate surface area is 185 Å². The Bertz CT molecular complexity index is 1170. The number of nitrogens with zero attached hydrogens (tertiary/aromatic N) is 3. The lowest BCUT2D eigenvalue weighted by Crippen LogP contribution is -2.34. The molecule has 2 aromatic carbocycles. The van der Waals surface area contributed by atoms with Crippen molar-refractivity contribution >= 4 is 22.3 Å². The molecule has 0 bridgehead atoms. The second-order valence-corrected chi connectivity index (χ2v) is 9.65. The number of hydrogen-bond acceptors (Lipinski definition) is 4. The molecule has 0 aliphatic carbocycles. The number of methoxy groups -OCH3 is 1. The molecule has 1 fully saturated rings. The van der Waals surface area contributed by atoms with Gasteiger partial charge in [0.1, 0.15) is 5.75 Å². The van der Waals surface area contributed by atoms with E-state index in [9.17, 15) is 4.55 Å². The van der Waals surface area contributed by atoms with Crippen molar-refractivity contribution in [2.75, 3.05) is 13.7 Å². The van der Waals surface area contributed by atoms with E-state index in [1.165, 1.54) is 10.9 Å². The molecule has 4 aromatic rings. The minimum atomic E-state index is -1.18. The SMILES string of the molecule is COc1cccc([S+]([O-])N2C[C@@H](Cn3ccc4cc(-c5cn[nH]c5)ccc43)C[C@@H]2C)c1. The summed E-state index contributed by atoms with van der Waals surface area (Å²) in [5.41, 5.74) is 3.48. The second kappa shape index (κ2) is 8.42. The lowest BCUT2D eigenvalue weighted by molar-refractivity contribution is 0.397. The molecule has 1 aliphatic rings. The minimum Gasteiger partial charge on any atom is -0.593 e. The van der Waals surface area contributed by atoms with Crippen molar-refractivity contribution < 1.29 is 9.29 Å². The normalized spacial score (nSPS) is 20.4. The van der Waals surface area contributed by atoms with Crippen LogP contribution in [-0.4, -0.2) is 43.3 Å². The first kappa shape index (κ1) is 20.2. The predicted molar refractivity (Wildman–Crippen MR) is 123 cm³/mol. The number of aromatic nitrogens is 3. The highest BCUT2D eigenvalue weighted by Gasteiger charge is 2.38. The van der Waals surface area contributed by atoms with Crippen molar-refractivity contribution in [2.24, 2.45) is 5.92 Å². The zero-order valence-corrected chi connectivity index (χ0v) is 18.5. The van der Waals surface area contributed by atoms with E-state index in [4.69, 9.17) is 4.74 Å². The first-order valence-corrected chi connectivity index (χ1v) is 11.6. The fourth-order valence-corrected chi connectivity index (χ4v) is 5.99. The number of H-pyrrole nitrogens is 1. The molecule has 2 aromatic heterocycles. The van der Waals surface area contributed by atoms with Gasteiger partial charge in [-0.25, -0.2) is 0 Å². The summed E-state index contributed by atoms with van der Waals surface area (Å²) in [5, 5.41) is 8.14. The van der Waals surface area contributed by atoms with E-state index in [0.29, 0.717) is 5.92 Å². The highest BCUT2D eigenvalue weighted by atomic mass is 32.2. The van der Waals surface area contributed by atoms with Crippen LogP contribution in [0.15, 0.2) is 72.0 Å². The summed E-state index contributed by atoms with van der Waals surface area (Å²) in [5.74, 6) is 1.19. The molecule has 0 saturated carbocycles. The molecule has 7 heteroatoms. The van der Waals surface area contributed by atoms with Gasteiger partial charge in [-0.15, -0.1) is 4.31 Å². The Morgan fingerprint density at radius 1 is 1.19 bits per heavy atom. The highest BCUT2D eigenvalue weighted by molar-refractivity contribution is 7.89. The number of aromatic amines is 1. The Balaban J connectivity index is 1.31. The number of fused-ring (bicyclic) bond motifs is 1. The fraction of sp³-hybridized carbons (Fsp3) is 0.292. The van der Waals surface area contributed by atoms with Gasteiger partial charge in [-0.05, 0) is 55.2 Å². The van der Waals surface area contributed by atoms with Crippen molar-refractivity contribution in [3.8, 4) is 16.9 Å². The number of ether oxygens (including phenoxy) is 1. The molecule has 3 atom stereocenters. The van der Waals surface area contributed by atoms with Gasteiger partial charge >= 0.3 is 0 Å². The van der Waals surface area contributed by atoms with E-state index in [2.05, 4.69) is 56.5 Å². The third-order valence-electron chi connectivity index (χ3n) is 6.12. The van der Waals surface area contributed by atoms with Crippen molar-refractivity contribution in [3.05, 3.63) is 67.1 Å². The minimum absolute atomic E-state index is 0.270. The average molecular weight is 435 g/mol.